The predicted octanol–water partition coefficient (Wildman–Crippen LogP) is 4.61. The van der Waals surface area contributed by atoms with E-state index in [2.05, 4.69) is 5.32 Å². The van der Waals surface area contributed by atoms with E-state index in [1.54, 1.807) is 4.90 Å². The summed E-state index contributed by atoms with van der Waals surface area (Å²) < 4.78 is 0. The fourth-order valence-corrected chi connectivity index (χ4v) is 3.33. The lowest BCUT2D eigenvalue weighted by molar-refractivity contribution is -0.141. The van der Waals surface area contributed by atoms with Crippen LogP contribution in [0.15, 0.2) is 54.6 Å². The van der Waals surface area contributed by atoms with Crippen molar-refractivity contribution >= 4 is 23.4 Å². The molecular formula is C23H29ClN2O2. The molecule has 0 bridgehead atoms. The third kappa shape index (κ3) is 6.38. The van der Waals surface area contributed by atoms with Gasteiger partial charge in [-0.15, -0.1) is 0 Å². The molecule has 2 amide bonds. The molecule has 2 aromatic carbocycles. The lowest BCUT2D eigenvalue weighted by Crippen LogP contribution is -2.49. The number of halogens is 1. The van der Waals surface area contributed by atoms with Crippen LogP contribution < -0.4 is 5.32 Å². The molecule has 150 valence electrons. The standard InChI is InChI=1S/C23H29ClN2O2/c1-3-16-25-23(28)21(4-2)26(17-19-12-8-9-13-20(19)24)22(27)15-14-18-10-6-5-7-11-18/h5-13,21H,3-4,14-17H2,1-2H3,(H,25,28)/t21-/m1/s1. The summed E-state index contributed by atoms with van der Waals surface area (Å²) in [6.45, 7) is 4.87. The summed E-state index contributed by atoms with van der Waals surface area (Å²) >= 11 is 6.32. The molecule has 0 unspecified atom stereocenters. The second-order valence-electron chi connectivity index (χ2n) is 6.81. The van der Waals surface area contributed by atoms with Crippen molar-refractivity contribution in [2.45, 2.75) is 52.1 Å². The van der Waals surface area contributed by atoms with E-state index in [1.165, 1.54) is 0 Å². The number of carbonyl (C=O) groups is 2. The highest BCUT2D eigenvalue weighted by atomic mass is 35.5. The van der Waals surface area contributed by atoms with Gasteiger partial charge in [0.05, 0.1) is 0 Å². The number of hydrogen-bond acceptors (Lipinski definition) is 2. The van der Waals surface area contributed by atoms with Crippen molar-refractivity contribution in [2.75, 3.05) is 6.54 Å². The van der Waals surface area contributed by atoms with Gasteiger partial charge in [-0.25, -0.2) is 0 Å². The van der Waals surface area contributed by atoms with Gasteiger partial charge in [0.15, 0.2) is 0 Å². The van der Waals surface area contributed by atoms with Gasteiger partial charge in [-0.1, -0.05) is 74.0 Å². The Morgan fingerprint density at radius 3 is 2.36 bits per heavy atom. The largest absolute Gasteiger partial charge is 0.354 e. The number of nitrogens with one attached hydrogen (secondary N) is 1. The highest BCUT2D eigenvalue weighted by molar-refractivity contribution is 6.31. The van der Waals surface area contributed by atoms with Crippen molar-refractivity contribution in [3.8, 4) is 0 Å². The van der Waals surface area contributed by atoms with Gasteiger partial charge in [-0.3, -0.25) is 9.59 Å². The van der Waals surface area contributed by atoms with Crippen molar-refractivity contribution in [1.29, 1.82) is 0 Å². The molecule has 0 aromatic heterocycles. The van der Waals surface area contributed by atoms with Gasteiger partial charge in [0.25, 0.3) is 0 Å². The van der Waals surface area contributed by atoms with Gasteiger partial charge in [0.2, 0.25) is 11.8 Å². The van der Waals surface area contributed by atoms with Crippen LogP contribution in [0.5, 0.6) is 0 Å². The Labute approximate surface area is 172 Å². The number of hydrogen-bond donors (Lipinski definition) is 1. The molecule has 2 aromatic rings. The minimum atomic E-state index is -0.508. The summed E-state index contributed by atoms with van der Waals surface area (Å²) in [5.74, 6) is -0.147. The number of benzene rings is 2. The number of rotatable bonds is 10. The van der Waals surface area contributed by atoms with Crippen molar-refractivity contribution in [3.05, 3.63) is 70.7 Å². The third-order valence-corrected chi connectivity index (χ3v) is 5.07. The SMILES string of the molecule is CCCNC(=O)[C@@H](CC)N(Cc1ccccc1Cl)C(=O)CCc1ccccc1. The molecule has 0 saturated heterocycles. The Bertz CT molecular complexity index is 764. The lowest BCUT2D eigenvalue weighted by atomic mass is 10.1. The third-order valence-electron chi connectivity index (χ3n) is 4.70. The fourth-order valence-electron chi connectivity index (χ4n) is 3.14. The topological polar surface area (TPSA) is 49.4 Å². The second kappa shape index (κ2) is 11.5. The first-order valence-corrected chi connectivity index (χ1v) is 10.3. The minimum absolute atomic E-state index is 0.0396. The number of aryl methyl sites for hydroxylation is 1. The van der Waals surface area contributed by atoms with Gasteiger partial charge in [0.1, 0.15) is 6.04 Å². The molecule has 0 saturated carbocycles. The van der Waals surface area contributed by atoms with E-state index in [-0.39, 0.29) is 11.8 Å². The Balaban J connectivity index is 2.19. The summed E-state index contributed by atoms with van der Waals surface area (Å²) in [5, 5.41) is 3.53. The van der Waals surface area contributed by atoms with E-state index in [0.29, 0.717) is 37.4 Å². The first kappa shape index (κ1) is 22.0. The number of amides is 2. The number of carbonyl (C=O) groups excluding carboxylic acids is 2. The van der Waals surface area contributed by atoms with Gasteiger partial charge >= 0.3 is 0 Å². The summed E-state index contributed by atoms with van der Waals surface area (Å²) in [6.07, 6.45) is 2.41. The quantitative estimate of drug-likeness (QED) is 0.633. The van der Waals surface area contributed by atoms with Crippen LogP contribution in [0.4, 0.5) is 0 Å². The van der Waals surface area contributed by atoms with Crippen LogP contribution in [0.3, 0.4) is 0 Å². The molecule has 0 aliphatic rings. The van der Waals surface area contributed by atoms with Crippen LogP contribution in [0.2, 0.25) is 5.02 Å². The van der Waals surface area contributed by atoms with E-state index in [0.717, 1.165) is 17.5 Å². The smallest absolute Gasteiger partial charge is 0.242 e. The zero-order chi connectivity index (χ0) is 20.4. The average molecular weight is 401 g/mol. The van der Waals surface area contributed by atoms with Gasteiger partial charge in [0, 0.05) is 24.5 Å². The molecule has 28 heavy (non-hydrogen) atoms. The molecule has 0 spiro atoms. The van der Waals surface area contributed by atoms with E-state index < -0.39 is 6.04 Å². The molecule has 0 aliphatic carbocycles. The van der Waals surface area contributed by atoms with Crippen molar-refractivity contribution in [2.24, 2.45) is 0 Å². The maximum atomic E-state index is 13.1. The van der Waals surface area contributed by atoms with Crippen molar-refractivity contribution in [3.63, 3.8) is 0 Å². The molecule has 1 atom stereocenters. The maximum absolute atomic E-state index is 13.1. The number of nitrogens with zero attached hydrogens (tertiary/aromatic N) is 1. The van der Waals surface area contributed by atoms with E-state index in [4.69, 9.17) is 11.6 Å². The minimum Gasteiger partial charge on any atom is -0.354 e. The summed E-state index contributed by atoms with van der Waals surface area (Å²) in [5.41, 5.74) is 1.95. The molecule has 0 heterocycles. The zero-order valence-corrected chi connectivity index (χ0v) is 17.4. The molecule has 0 radical (unpaired) electrons. The molecule has 0 aliphatic heterocycles. The van der Waals surface area contributed by atoms with Gasteiger partial charge in [-0.05, 0) is 36.5 Å². The zero-order valence-electron chi connectivity index (χ0n) is 16.7. The molecule has 1 N–H and O–H groups in total. The first-order valence-electron chi connectivity index (χ1n) is 9.91. The normalized spacial score (nSPS) is 11.7. The fraction of sp³-hybridized carbons (Fsp3) is 0.391. The molecule has 0 fully saturated rings. The summed E-state index contributed by atoms with van der Waals surface area (Å²) in [6, 6.07) is 16.9. The maximum Gasteiger partial charge on any atom is 0.242 e. The Hall–Kier alpha value is -2.33. The molecule has 5 heteroatoms. The van der Waals surface area contributed by atoms with Crippen LogP contribution in [0.1, 0.15) is 44.2 Å². The van der Waals surface area contributed by atoms with E-state index in [9.17, 15) is 9.59 Å². The van der Waals surface area contributed by atoms with E-state index in [1.807, 2.05) is 68.4 Å². The van der Waals surface area contributed by atoms with Gasteiger partial charge < -0.3 is 10.2 Å². The summed E-state index contributed by atoms with van der Waals surface area (Å²) in [4.78, 5) is 27.5. The Kier molecular flexibility index (Phi) is 9.02. The second-order valence-corrected chi connectivity index (χ2v) is 7.22. The average Bonchev–Trinajstić information content (AvgIpc) is 2.72. The van der Waals surface area contributed by atoms with Crippen LogP contribution in [-0.4, -0.2) is 29.3 Å². The van der Waals surface area contributed by atoms with Crippen LogP contribution in [-0.2, 0) is 22.6 Å². The predicted molar refractivity (Wildman–Crippen MR) is 114 cm³/mol. The molecule has 2 rings (SSSR count). The molecule has 4 nitrogen and oxygen atoms in total. The van der Waals surface area contributed by atoms with Crippen LogP contribution in [0, 0.1) is 0 Å². The lowest BCUT2D eigenvalue weighted by Gasteiger charge is -2.31. The molecular weight excluding hydrogens is 372 g/mol. The monoisotopic (exact) mass is 400 g/mol. The first-order chi connectivity index (χ1) is 13.6. The van der Waals surface area contributed by atoms with Crippen molar-refractivity contribution in [1.82, 2.24) is 10.2 Å². The Morgan fingerprint density at radius 2 is 1.71 bits per heavy atom. The van der Waals surface area contributed by atoms with Crippen molar-refractivity contribution < 1.29 is 9.59 Å². The van der Waals surface area contributed by atoms with E-state index >= 15 is 0 Å². The summed E-state index contributed by atoms with van der Waals surface area (Å²) in [7, 11) is 0. The van der Waals surface area contributed by atoms with Gasteiger partial charge in [-0.2, -0.15) is 0 Å². The van der Waals surface area contributed by atoms with Crippen LogP contribution in [0.25, 0.3) is 0 Å². The Morgan fingerprint density at radius 1 is 1.04 bits per heavy atom. The highest BCUT2D eigenvalue weighted by Gasteiger charge is 2.28. The highest BCUT2D eigenvalue weighted by Crippen LogP contribution is 2.20. The van der Waals surface area contributed by atoms with Crippen LogP contribution >= 0.6 is 11.6 Å².